The molecule has 0 unspecified atom stereocenters. The van der Waals surface area contributed by atoms with E-state index in [1.807, 2.05) is 6.20 Å². The Morgan fingerprint density at radius 3 is 2.62 bits per heavy atom. The maximum absolute atomic E-state index is 4.60. The standard InChI is InChI=1S/C18H27N3/c1-4-8-18-17(12-19-11-15(2)3)13-20-21(18)14-16-9-6-5-7-10-16/h5-7,9-10,13,15,19H,4,8,11-12,14H2,1-3H3. The zero-order valence-electron chi connectivity index (χ0n) is 13.5. The van der Waals surface area contributed by atoms with E-state index in [4.69, 9.17) is 0 Å². The van der Waals surface area contributed by atoms with E-state index in [1.54, 1.807) is 0 Å². The first-order valence-corrected chi connectivity index (χ1v) is 7.99. The fourth-order valence-electron chi connectivity index (χ4n) is 2.51. The van der Waals surface area contributed by atoms with Crippen LogP contribution in [0.1, 0.15) is 44.0 Å². The summed E-state index contributed by atoms with van der Waals surface area (Å²) >= 11 is 0. The van der Waals surface area contributed by atoms with Crippen molar-refractivity contribution in [2.45, 2.75) is 46.7 Å². The lowest BCUT2D eigenvalue weighted by molar-refractivity contribution is 0.549. The summed E-state index contributed by atoms with van der Waals surface area (Å²) in [5.74, 6) is 0.680. The molecule has 0 fully saturated rings. The normalized spacial score (nSPS) is 11.2. The van der Waals surface area contributed by atoms with Gasteiger partial charge in [0.25, 0.3) is 0 Å². The van der Waals surface area contributed by atoms with E-state index in [9.17, 15) is 0 Å². The first kappa shape index (κ1) is 15.8. The number of aromatic nitrogens is 2. The minimum absolute atomic E-state index is 0.680. The second-order valence-electron chi connectivity index (χ2n) is 6.03. The summed E-state index contributed by atoms with van der Waals surface area (Å²) in [6, 6.07) is 10.6. The minimum atomic E-state index is 0.680. The predicted octanol–water partition coefficient (Wildman–Crippen LogP) is 3.63. The lowest BCUT2D eigenvalue weighted by atomic mass is 10.1. The third-order valence-electron chi connectivity index (χ3n) is 3.57. The van der Waals surface area contributed by atoms with E-state index in [0.29, 0.717) is 5.92 Å². The third-order valence-corrected chi connectivity index (χ3v) is 3.57. The summed E-state index contributed by atoms with van der Waals surface area (Å²) in [5.41, 5.74) is 4.02. The van der Waals surface area contributed by atoms with E-state index < -0.39 is 0 Å². The van der Waals surface area contributed by atoms with Crippen molar-refractivity contribution in [3.63, 3.8) is 0 Å². The molecule has 0 amide bonds. The second-order valence-corrected chi connectivity index (χ2v) is 6.03. The molecule has 0 saturated heterocycles. The molecule has 0 bridgehead atoms. The highest BCUT2D eigenvalue weighted by atomic mass is 15.3. The van der Waals surface area contributed by atoms with Gasteiger partial charge < -0.3 is 5.32 Å². The number of nitrogens with one attached hydrogen (secondary N) is 1. The summed E-state index contributed by atoms with van der Waals surface area (Å²) in [6.07, 6.45) is 4.27. The molecular formula is C18H27N3. The molecule has 114 valence electrons. The van der Waals surface area contributed by atoms with Gasteiger partial charge in [0, 0.05) is 17.8 Å². The second kappa shape index (κ2) is 7.99. The lowest BCUT2D eigenvalue weighted by Crippen LogP contribution is -2.19. The topological polar surface area (TPSA) is 29.9 Å². The average molecular weight is 285 g/mol. The van der Waals surface area contributed by atoms with E-state index in [1.165, 1.54) is 16.8 Å². The van der Waals surface area contributed by atoms with Gasteiger partial charge in [-0.05, 0) is 24.4 Å². The van der Waals surface area contributed by atoms with Gasteiger partial charge in [0.2, 0.25) is 0 Å². The first-order valence-electron chi connectivity index (χ1n) is 7.99. The van der Waals surface area contributed by atoms with E-state index >= 15 is 0 Å². The molecule has 2 rings (SSSR count). The molecule has 0 aliphatic heterocycles. The Morgan fingerprint density at radius 2 is 1.95 bits per heavy atom. The molecule has 1 N–H and O–H groups in total. The van der Waals surface area contributed by atoms with E-state index in [-0.39, 0.29) is 0 Å². The monoisotopic (exact) mass is 285 g/mol. The molecule has 1 aromatic heterocycles. The minimum Gasteiger partial charge on any atom is -0.312 e. The molecule has 0 saturated carbocycles. The van der Waals surface area contributed by atoms with Crippen molar-refractivity contribution >= 4 is 0 Å². The Kier molecular flexibility index (Phi) is 6.00. The highest BCUT2D eigenvalue weighted by molar-refractivity contribution is 5.21. The van der Waals surface area contributed by atoms with Crippen LogP contribution >= 0.6 is 0 Å². The van der Waals surface area contributed by atoms with Crippen molar-refractivity contribution < 1.29 is 0 Å². The van der Waals surface area contributed by atoms with Crippen molar-refractivity contribution in [1.29, 1.82) is 0 Å². The Hall–Kier alpha value is -1.61. The Morgan fingerprint density at radius 1 is 1.19 bits per heavy atom. The molecule has 1 aromatic carbocycles. The summed E-state index contributed by atoms with van der Waals surface area (Å²) in [5, 5.41) is 8.13. The molecule has 3 nitrogen and oxygen atoms in total. The molecule has 0 spiro atoms. The first-order chi connectivity index (χ1) is 10.2. The van der Waals surface area contributed by atoms with E-state index in [0.717, 1.165) is 32.5 Å². The maximum atomic E-state index is 4.60. The molecule has 1 heterocycles. The van der Waals surface area contributed by atoms with Gasteiger partial charge in [-0.15, -0.1) is 0 Å². The van der Waals surface area contributed by atoms with Crippen LogP contribution in [0.3, 0.4) is 0 Å². The van der Waals surface area contributed by atoms with Crippen LogP contribution in [0.2, 0.25) is 0 Å². The Bertz CT molecular complexity index is 529. The Balaban J connectivity index is 2.08. The third kappa shape index (κ3) is 4.71. The molecule has 0 aliphatic carbocycles. The summed E-state index contributed by atoms with van der Waals surface area (Å²) in [6.45, 7) is 9.53. The van der Waals surface area contributed by atoms with Crippen LogP contribution in [0.4, 0.5) is 0 Å². The fraction of sp³-hybridized carbons (Fsp3) is 0.500. The van der Waals surface area contributed by atoms with Crippen LogP contribution in [0.5, 0.6) is 0 Å². The van der Waals surface area contributed by atoms with Gasteiger partial charge in [-0.3, -0.25) is 4.68 Å². The van der Waals surface area contributed by atoms with E-state index in [2.05, 4.69) is 66.2 Å². The van der Waals surface area contributed by atoms with Crippen molar-refractivity contribution in [2.75, 3.05) is 6.54 Å². The number of benzene rings is 1. The van der Waals surface area contributed by atoms with Gasteiger partial charge in [0.05, 0.1) is 12.7 Å². The van der Waals surface area contributed by atoms with Crippen LogP contribution < -0.4 is 5.32 Å². The quantitative estimate of drug-likeness (QED) is 0.802. The smallest absolute Gasteiger partial charge is 0.0662 e. The SMILES string of the molecule is CCCc1c(CNCC(C)C)cnn1Cc1ccccc1. The van der Waals surface area contributed by atoms with Crippen molar-refractivity contribution in [3.8, 4) is 0 Å². The van der Waals surface area contributed by atoms with Gasteiger partial charge in [0.15, 0.2) is 0 Å². The highest BCUT2D eigenvalue weighted by Crippen LogP contribution is 2.13. The molecular weight excluding hydrogens is 258 g/mol. The van der Waals surface area contributed by atoms with Crippen molar-refractivity contribution in [1.82, 2.24) is 15.1 Å². The van der Waals surface area contributed by atoms with Crippen LogP contribution in [0.15, 0.2) is 36.5 Å². The summed E-state index contributed by atoms with van der Waals surface area (Å²) in [7, 11) is 0. The highest BCUT2D eigenvalue weighted by Gasteiger charge is 2.10. The van der Waals surface area contributed by atoms with Gasteiger partial charge in [0.1, 0.15) is 0 Å². The molecule has 0 aliphatic rings. The van der Waals surface area contributed by atoms with Gasteiger partial charge in [-0.1, -0.05) is 57.5 Å². The molecule has 0 atom stereocenters. The molecule has 21 heavy (non-hydrogen) atoms. The number of hydrogen-bond acceptors (Lipinski definition) is 2. The zero-order valence-corrected chi connectivity index (χ0v) is 13.5. The van der Waals surface area contributed by atoms with Gasteiger partial charge >= 0.3 is 0 Å². The Labute approximate surface area is 128 Å². The lowest BCUT2D eigenvalue weighted by Gasteiger charge is -2.11. The fourth-order valence-corrected chi connectivity index (χ4v) is 2.51. The van der Waals surface area contributed by atoms with Crippen LogP contribution in [-0.4, -0.2) is 16.3 Å². The van der Waals surface area contributed by atoms with Crippen molar-refractivity contribution in [2.24, 2.45) is 5.92 Å². The number of rotatable bonds is 8. The number of nitrogens with zero attached hydrogens (tertiary/aromatic N) is 2. The van der Waals surface area contributed by atoms with Crippen LogP contribution in [0, 0.1) is 5.92 Å². The maximum Gasteiger partial charge on any atom is 0.0662 e. The molecule has 3 heteroatoms. The largest absolute Gasteiger partial charge is 0.312 e. The predicted molar refractivity (Wildman–Crippen MR) is 88.3 cm³/mol. The summed E-state index contributed by atoms with van der Waals surface area (Å²) < 4.78 is 2.16. The van der Waals surface area contributed by atoms with Crippen molar-refractivity contribution in [3.05, 3.63) is 53.3 Å². The van der Waals surface area contributed by atoms with Gasteiger partial charge in [-0.25, -0.2) is 0 Å². The molecule has 0 radical (unpaired) electrons. The summed E-state index contributed by atoms with van der Waals surface area (Å²) in [4.78, 5) is 0. The van der Waals surface area contributed by atoms with Crippen LogP contribution in [0.25, 0.3) is 0 Å². The molecule has 2 aromatic rings. The van der Waals surface area contributed by atoms with Crippen LogP contribution in [-0.2, 0) is 19.5 Å². The zero-order chi connectivity index (χ0) is 15.1. The number of hydrogen-bond donors (Lipinski definition) is 1. The average Bonchev–Trinajstić information content (AvgIpc) is 2.83. The van der Waals surface area contributed by atoms with Gasteiger partial charge in [-0.2, -0.15) is 5.10 Å².